The third-order valence-corrected chi connectivity index (χ3v) is 5.20. The molecule has 4 aromatic rings. The van der Waals surface area contributed by atoms with Crippen molar-refractivity contribution in [1.29, 1.82) is 0 Å². The van der Waals surface area contributed by atoms with Gasteiger partial charge in [-0.15, -0.1) is 0 Å². The van der Waals surface area contributed by atoms with Crippen LogP contribution in [0.1, 0.15) is 6.92 Å². The summed E-state index contributed by atoms with van der Waals surface area (Å²) >= 11 is 5.97. The van der Waals surface area contributed by atoms with Gasteiger partial charge in [0.2, 0.25) is 5.78 Å². The Morgan fingerprint density at radius 3 is 3.04 bits per heavy atom. The maximum atomic E-state index is 12.6. The Bertz CT molecular complexity index is 1250. The lowest BCUT2D eigenvalue weighted by atomic mass is 10.1. The second-order valence-corrected chi connectivity index (χ2v) is 7.51. The van der Waals surface area contributed by atoms with E-state index in [0.29, 0.717) is 33.7 Å². The summed E-state index contributed by atoms with van der Waals surface area (Å²) in [5.41, 5.74) is 2.11. The number of imidazole rings is 1. The summed E-state index contributed by atoms with van der Waals surface area (Å²) in [5, 5.41) is 4.78. The van der Waals surface area contributed by atoms with Crippen molar-refractivity contribution in [1.82, 2.24) is 19.7 Å². The Morgan fingerprint density at radius 2 is 2.18 bits per heavy atom. The molecule has 142 valence electrons. The van der Waals surface area contributed by atoms with Crippen LogP contribution in [0, 0.1) is 0 Å². The summed E-state index contributed by atoms with van der Waals surface area (Å²) < 4.78 is 7.32. The van der Waals surface area contributed by atoms with Gasteiger partial charge in [0.1, 0.15) is 5.58 Å². The molecule has 1 aromatic carbocycles. The van der Waals surface area contributed by atoms with E-state index in [1.165, 1.54) is 6.20 Å². The molecule has 8 heteroatoms. The van der Waals surface area contributed by atoms with Crippen LogP contribution in [0.3, 0.4) is 0 Å². The molecule has 1 fully saturated rings. The number of fused-ring (bicyclic) bond motifs is 2. The fraction of sp³-hybridized carbons (Fsp3) is 0.250. The van der Waals surface area contributed by atoms with Crippen LogP contribution in [0.15, 0.2) is 52.1 Å². The lowest BCUT2D eigenvalue weighted by Gasteiger charge is -2.33. The predicted octanol–water partition coefficient (Wildman–Crippen LogP) is 2.95. The first-order valence-corrected chi connectivity index (χ1v) is 9.51. The maximum absolute atomic E-state index is 12.6. The van der Waals surface area contributed by atoms with Crippen molar-refractivity contribution in [3.05, 3.63) is 58.3 Å². The van der Waals surface area contributed by atoms with Gasteiger partial charge in [-0.25, -0.2) is 14.8 Å². The monoisotopic (exact) mass is 395 g/mol. The lowest BCUT2D eigenvalue weighted by molar-refractivity contribution is 0.484. The molecule has 5 rings (SSSR count). The van der Waals surface area contributed by atoms with E-state index in [1.807, 2.05) is 18.2 Å². The molecular weight excluding hydrogens is 378 g/mol. The number of halogens is 1. The van der Waals surface area contributed by atoms with Gasteiger partial charge in [-0.1, -0.05) is 11.6 Å². The molecule has 1 N–H and O–H groups in total. The highest BCUT2D eigenvalue weighted by Gasteiger charge is 2.17. The minimum absolute atomic E-state index is 0.401. The van der Waals surface area contributed by atoms with E-state index in [2.05, 4.69) is 33.2 Å². The third kappa shape index (κ3) is 3.02. The highest BCUT2D eigenvalue weighted by Crippen LogP contribution is 2.25. The Kier molecular flexibility index (Phi) is 4.07. The lowest BCUT2D eigenvalue weighted by Crippen LogP contribution is -2.49. The number of anilines is 1. The standard InChI is InChI=1S/C20H18ClN5O2/c1-12-9-25(5-4-22-12)15-3-2-13-6-16(19(27)28-18(13)7-15)17-11-26-10-14(21)8-23-20(26)24-17/h2-3,6-8,10-12,22H,4-5,9H2,1H3/t12-/m0/s1. The Hall–Kier alpha value is -2.90. The topological polar surface area (TPSA) is 75.7 Å². The quantitative estimate of drug-likeness (QED) is 0.526. The Balaban J connectivity index is 1.56. The van der Waals surface area contributed by atoms with Crippen LogP contribution in [0.2, 0.25) is 5.02 Å². The Labute approximate surface area is 165 Å². The van der Waals surface area contributed by atoms with E-state index in [0.717, 1.165) is 30.7 Å². The SMILES string of the molecule is C[C@H]1CN(c2ccc3cc(-c4cn5cc(Cl)cnc5n4)c(=O)oc3c2)CCN1. The van der Waals surface area contributed by atoms with Gasteiger partial charge in [-0.3, -0.25) is 4.40 Å². The van der Waals surface area contributed by atoms with Crippen molar-refractivity contribution in [2.45, 2.75) is 13.0 Å². The zero-order chi connectivity index (χ0) is 19.3. The molecule has 0 saturated carbocycles. The van der Waals surface area contributed by atoms with Gasteiger partial charge < -0.3 is 14.6 Å². The molecule has 1 aliphatic heterocycles. The highest BCUT2D eigenvalue weighted by molar-refractivity contribution is 6.30. The highest BCUT2D eigenvalue weighted by atomic mass is 35.5. The van der Waals surface area contributed by atoms with Crippen LogP contribution in [0.4, 0.5) is 5.69 Å². The zero-order valence-corrected chi connectivity index (χ0v) is 16.0. The second kappa shape index (κ2) is 6.61. The zero-order valence-electron chi connectivity index (χ0n) is 15.2. The van der Waals surface area contributed by atoms with Crippen molar-refractivity contribution in [3.63, 3.8) is 0 Å². The summed E-state index contributed by atoms with van der Waals surface area (Å²) in [6, 6.07) is 8.22. The molecular formula is C20H18ClN5O2. The van der Waals surface area contributed by atoms with Crippen LogP contribution < -0.4 is 15.8 Å². The predicted molar refractivity (Wildman–Crippen MR) is 109 cm³/mol. The van der Waals surface area contributed by atoms with Gasteiger partial charge in [0, 0.05) is 55.2 Å². The van der Waals surface area contributed by atoms with E-state index >= 15 is 0 Å². The molecule has 1 aliphatic rings. The fourth-order valence-electron chi connectivity index (χ4n) is 3.63. The van der Waals surface area contributed by atoms with Gasteiger partial charge in [0.15, 0.2) is 0 Å². The fourth-order valence-corrected chi connectivity index (χ4v) is 3.79. The average Bonchev–Trinajstić information content (AvgIpc) is 3.10. The third-order valence-electron chi connectivity index (χ3n) is 5.01. The van der Waals surface area contributed by atoms with Gasteiger partial charge in [-0.2, -0.15) is 0 Å². The molecule has 0 unspecified atom stereocenters. The van der Waals surface area contributed by atoms with Crippen LogP contribution in [0.25, 0.3) is 28.0 Å². The van der Waals surface area contributed by atoms with Crippen LogP contribution in [-0.4, -0.2) is 40.0 Å². The number of hydrogen-bond donors (Lipinski definition) is 1. The van der Waals surface area contributed by atoms with Crippen molar-refractivity contribution in [2.24, 2.45) is 0 Å². The molecule has 7 nitrogen and oxygen atoms in total. The molecule has 4 heterocycles. The van der Waals surface area contributed by atoms with E-state index in [4.69, 9.17) is 16.0 Å². The Morgan fingerprint density at radius 1 is 1.29 bits per heavy atom. The minimum atomic E-state index is -0.423. The number of hydrogen-bond acceptors (Lipinski definition) is 6. The summed E-state index contributed by atoms with van der Waals surface area (Å²) in [7, 11) is 0. The van der Waals surface area contributed by atoms with Crippen LogP contribution in [-0.2, 0) is 0 Å². The number of piperazine rings is 1. The summed E-state index contributed by atoms with van der Waals surface area (Å²) in [5.74, 6) is 0.474. The molecule has 0 bridgehead atoms. The smallest absolute Gasteiger partial charge is 0.345 e. The van der Waals surface area contributed by atoms with Crippen molar-refractivity contribution in [3.8, 4) is 11.3 Å². The maximum Gasteiger partial charge on any atom is 0.345 e. The number of aromatic nitrogens is 3. The van der Waals surface area contributed by atoms with Crippen molar-refractivity contribution in [2.75, 3.05) is 24.5 Å². The molecule has 0 radical (unpaired) electrons. The van der Waals surface area contributed by atoms with Gasteiger partial charge in [-0.05, 0) is 25.1 Å². The molecule has 28 heavy (non-hydrogen) atoms. The van der Waals surface area contributed by atoms with E-state index in [9.17, 15) is 4.79 Å². The first-order valence-electron chi connectivity index (χ1n) is 9.14. The second-order valence-electron chi connectivity index (χ2n) is 7.08. The normalized spacial score (nSPS) is 17.5. The number of nitrogens with one attached hydrogen (secondary N) is 1. The van der Waals surface area contributed by atoms with Crippen molar-refractivity contribution >= 4 is 34.0 Å². The molecule has 3 aromatic heterocycles. The first kappa shape index (κ1) is 17.2. The molecule has 1 saturated heterocycles. The summed E-state index contributed by atoms with van der Waals surface area (Å²) in [6.07, 6.45) is 4.95. The number of rotatable bonds is 2. The molecule has 0 aliphatic carbocycles. The first-order chi connectivity index (χ1) is 13.6. The van der Waals surface area contributed by atoms with Crippen molar-refractivity contribution < 1.29 is 4.42 Å². The van der Waals surface area contributed by atoms with Crippen LogP contribution >= 0.6 is 11.6 Å². The number of benzene rings is 1. The molecule has 1 atom stereocenters. The van der Waals surface area contributed by atoms with E-state index < -0.39 is 5.63 Å². The average molecular weight is 396 g/mol. The van der Waals surface area contributed by atoms with Gasteiger partial charge in [0.05, 0.1) is 22.5 Å². The number of nitrogens with zero attached hydrogens (tertiary/aromatic N) is 4. The molecule has 0 spiro atoms. The summed E-state index contributed by atoms with van der Waals surface area (Å²) in [4.78, 5) is 23.5. The van der Waals surface area contributed by atoms with E-state index in [-0.39, 0.29) is 0 Å². The van der Waals surface area contributed by atoms with E-state index in [1.54, 1.807) is 16.8 Å². The summed E-state index contributed by atoms with van der Waals surface area (Å²) in [6.45, 7) is 4.95. The molecule has 0 amide bonds. The minimum Gasteiger partial charge on any atom is -0.422 e. The van der Waals surface area contributed by atoms with Gasteiger partial charge in [0.25, 0.3) is 0 Å². The van der Waals surface area contributed by atoms with Gasteiger partial charge >= 0.3 is 5.63 Å². The van der Waals surface area contributed by atoms with Crippen LogP contribution in [0.5, 0.6) is 0 Å². The largest absolute Gasteiger partial charge is 0.422 e.